The minimum atomic E-state index is -2.87. The van der Waals surface area contributed by atoms with E-state index in [0.717, 1.165) is 13.0 Å². The molecule has 92 valence electrons. The molecule has 15 heavy (non-hydrogen) atoms. The van der Waals surface area contributed by atoms with E-state index in [1.54, 1.807) is 6.92 Å². The van der Waals surface area contributed by atoms with Gasteiger partial charge in [0, 0.05) is 6.04 Å². The van der Waals surface area contributed by atoms with Crippen LogP contribution in [0.15, 0.2) is 0 Å². The lowest BCUT2D eigenvalue weighted by molar-refractivity contribution is 0.522. The molecule has 0 saturated carbocycles. The minimum Gasteiger partial charge on any atom is -0.314 e. The molecule has 0 saturated heterocycles. The molecule has 0 aromatic carbocycles. The van der Waals surface area contributed by atoms with Crippen molar-refractivity contribution in [2.75, 3.05) is 12.3 Å². The number of hydrogen-bond donors (Lipinski definition) is 1. The summed E-state index contributed by atoms with van der Waals surface area (Å²) in [4.78, 5) is 0. The van der Waals surface area contributed by atoms with E-state index >= 15 is 0 Å². The summed E-state index contributed by atoms with van der Waals surface area (Å²) in [6.45, 7) is 8.82. The van der Waals surface area contributed by atoms with Crippen LogP contribution in [0.4, 0.5) is 0 Å². The van der Waals surface area contributed by atoms with Gasteiger partial charge in [0.1, 0.15) is 0 Å². The van der Waals surface area contributed by atoms with Crippen molar-refractivity contribution in [3.8, 4) is 0 Å². The Balaban J connectivity index is 3.93. The van der Waals surface area contributed by atoms with Gasteiger partial charge in [-0.1, -0.05) is 13.8 Å². The fraction of sp³-hybridized carbons (Fsp3) is 1.00. The molecule has 2 atom stereocenters. The van der Waals surface area contributed by atoms with Crippen LogP contribution in [0, 0.1) is 0 Å². The summed E-state index contributed by atoms with van der Waals surface area (Å²) >= 11 is 0. The van der Waals surface area contributed by atoms with Crippen LogP contribution in [0.5, 0.6) is 0 Å². The lowest BCUT2D eigenvalue weighted by Crippen LogP contribution is -2.30. The van der Waals surface area contributed by atoms with Gasteiger partial charge in [-0.3, -0.25) is 0 Å². The average molecular weight is 235 g/mol. The Morgan fingerprint density at radius 3 is 2.27 bits per heavy atom. The third-order valence-electron chi connectivity index (χ3n) is 2.77. The topological polar surface area (TPSA) is 46.2 Å². The van der Waals surface area contributed by atoms with Crippen LogP contribution < -0.4 is 5.32 Å². The molecule has 1 N–H and O–H groups in total. The molecule has 0 amide bonds. The highest BCUT2D eigenvalue weighted by Crippen LogP contribution is 2.08. The molecule has 0 aliphatic heterocycles. The van der Waals surface area contributed by atoms with Crippen molar-refractivity contribution in [2.24, 2.45) is 0 Å². The van der Waals surface area contributed by atoms with Gasteiger partial charge in [-0.25, -0.2) is 8.42 Å². The number of rotatable bonds is 8. The van der Waals surface area contributed by atoms with E-state index in [9.17, 15) is 8.42 Å². The molecule has 0 spiro atoms. The Bertz CT molecular complexity index is 249. The summed E-state index contributed by atoms with van der Waals surface area (Å²) in [6, 6.07) is 0.295. The second-order valence-corrected chi connectivity index (χ2v) is 6.77. The van der Waals surface area contributed by atoms with Gasteiger partial charge < -0.3 is 5.32 Å². The van der Waals surface area contributed by atoms with Gasteiger partial charge in [0.15, 0.2) is 9.84 Å². The minimum absolute atomic E-state index is 0.198. The molecule has 0 bridgehead atoms. The average Bonchev–Trinajstić information content (AvgIpc) is 2.22. The maximum Gasteiger partial charge on any atom is 0.152 e. The zero-order valence-corrected chi connectivity index (χ0v) is 11.2. The van der Waals surface area contributed by atoms with Gasteiger partial charge in [-0.15, -0.1) is 0 Å². The second-order valence-electron chi connectivity index (χ2n) is 4.23. The summed E-state index contributed by atoms with van der Waals surface area (Å²) in [6.07, 6.45) is 2.51. The first-order valence-corrected chi connectivity index (χ1v) is 7.60. The van der Waals surface area contributed by atoms with Gasteiger partial charge >= 0.3 is 0 Å². The van der Waals surface area contributed by atoms with Gasteiger partial charge in [0.2, 0.25) is 0 Å². The maximum absolute atomic E-state index is 11.7. The number of hydrogen-bond acceptors (Lipinski definition) is 3. The summed E-state index contributed by atoms with van der Waals surface area (Å²) < 4.78 is 23.4. The standard InChI is InChI=1S/C11H25NO2S/c1-5-8-12-10(3)7-9-15(13,14)11(4)6-2/h10-12H,5-9H2,1-4H3. The van der Waals surface area contributed by atoms with Crippen LogP contribution in [0.25, 0.3) is 0 Å². The van der Waals surface area contributed by atoms with E-state index in [1.165, 1.54) is 0 Å². The van der Waals surface area contributed by atoms with E-state index in [0.29, 0.717) is 24.6 Å². The fourth-order valence-electron chi connectivity index (χ4n) is 1.29. The fourth-order valence-corrected chi connectivity index (χ4v) is 2.88. The lowest BCUT2D eigenvalue weighted by atomic mass is 10.2. The van der Waals surface area contributed by atoms with E-state index < -0.39 is 9.84 Å². The van der Waals surface area contributed by atoms with Crippen molar-refractivity contribution < 1.29 is 8.42 Å². The Hall–Kier alpha value is -0.0900. The predicted octanol–water partition coefficient (Wildman–Crippen LogP) is 1.98. The first kappa shape index (κ1) is 14.9. The van der Waals surface area contributed by atoms with Crippen LogP contribution in [0.2, 0.25) is 0 Å². The van der Waals surface area contributed by atoms with E-state index in [2.05, 4.69) is 12.2 Å². The monoisotopic (exact) mass is 235 g/mol. The molecule has 0 rings (SSSR count). The quantitative estimate of drug-likeness (QED) is 0.700. The lowest BCUT2D eigenvalue weighted by Gasteiger charge is -2.15. The molecule has 0 fully saturated rings. The van der Waals surface area contributed by atoms with Gasteiger partial charge in [-0.05, 0) is 39.7 Å². The summed E-state index contributed by atoms with van der Waals surface area (Å²) in [5, 5.41) is 3.10. The highest BCUT2D eigenvalue weighted by Gasteiger charge is 2.19. The Morgan fingerprint density at radius 2 is 1.80 bits per heavy atom. The Kier molecular flexibility index (Phi) is 7.18. The van der Waals surface area contributed by atoms with Crippen molar-refractivity contribution in [1.82, 2.24) is 5.32 Å². The molecular weight excluding hydrogens is 210 g/mol. The SMILES string of the molecule is CCCNC(C)CCS(=O)(=O)C(C)CC. The smallest absolute Gasteiger partial charge is 0.152 e. The molecule has 3 nitrogen and oxygen atoms in total. The first-order chi connectivity index (χ1) is 6.94. The van der Waals surface area contributed by atoms with E-state index in [1.807, 2.05) is 13.8 Å². The van der Waals surface area contributed by atoms with Crippen LogP contribution in [-0.2, 0) is 9.84 Å². The molecule has 2 unspecified atom stereocenters. The highest BCUT2D eigenvalue weighted by molar-refractivity contribution is 7.91. The molecule has 4 heteroatoms. The summed E-state index contributed by atoms with van der Waals surface area (Å²) in [5.74, 6) is 0.305. The molecular formula is C11H25NO2S. The van der Waals surface area contributed by atoms with Crippen LogP contribution in [0.1, 0.15) is 47.0 Å². The zero-order valence-electron chi connectivity index (χ0n) is 10.4. The van der Waals surface area contributed by atoms with Crippen molar-refractivity contribution >= 4 is 9.84 Å². The van der Waals surface area contributed by atoms with Crippen molar-refractivity contribution in [2.45, 2.75) is 58.2 Å². The highest BCUT2D eigenvalue weighted by atomic mass is 32.2. The zero-order chi connectivity index (χ0) is 11.9. The molecule has 0 aromatic rings. The predicted molar refractivity (Wildman–Crippen MR) is 65.9 cm³/mol. The largest absolute Gasteiger partial charge is 0.314 e. The van der Waals surface area contributed by atoms with Gasteiger partial charge in [-0.2, -0.15) is 0 Å². The number of sulfone groups is 1. The van der Waals surface area contributed by atoms with Crippen molar-refractivity contribution in [3.05, 3.63) is 0 Å². The third kappa shape index (κ3) is 6.15. The van der Waals surface area contributed by atoms with Gasteiger partial charge in [0.05, 0.1) is 11.0 Å². The van der Waals surface area contributed by atoms with Crippen LogP contribution in [-0.4, -0.2) is 32.0 Å². The maximum atomic E-state index is 11.7. The normalized spacial score (nSPS) is 16.3. The summed E-state index contributed by atoms with van der Waals surface area (Å²) in [5.41, 5.74) is 0. The first-order valence-electron chi connectivity index (χ1n) is 5.89. The van der Waals surface area contributed by atoms with Crippen LogP contribution >= 0.6 is 0 Å². The molecule has 0 heterocycles. The Labute approximate surface area is 94.6 Å². The van der Waals surface area contributed by atoms with Gasteiger partial charge in [0.25, 0.3) is 0 Å². The molecule has 0 aliphatic rings. The Morgan fingerprint density at radius 1 is 1.20 bits per heavy atom. The molecule has 0 aromatic heterocycles. The second kappa shape index (κ2) is 7.23. The summed E-state index contributed by atoms with van der Waals surface area (Å²) in [7, 11) is -2.87. The van der Waals surface area contributed by atoms with Crippen molar-refractivity contribution in [3.63, 3.8) is 0 Å². The number of nitrogens with one attached hydrogen (secondary N) is 1. The van der Waals surface area contributed by atoms with E-state index in [-0.39, 0.29) is 5.25 Å². The molecule has 0 aliphatic carbocycles. The van der Waals surface area contributed by atoms with Crippen LogP contribution in [0.3, 0.4) is 0 Å². The van der Waals surface area contributed by atoms with E-state index in [4.69, 9.17) is 0 Å². The van der Waals surface area contributed by atoms with Crippen molar-refractivity contribution in [1.29, 1.82) is 0 Å². The third-order valence-corrected chi connectivity index (χ3v) is 5.13. The molecule has 0 radical (unpaired) electrons.